The zero-order valence-corrected chi connectivity index (χ0v) is 13.4. The predicted molar refractivity (Wildman–Crippen MR) is 80.2 cm³/mol. The highest BCUT2D eigenvalue weighted by Crippen LogP contribution is 2.30. The van der Waals surface area contributed by atoms with Gasteiger partial charge in [-0.25, -0.2) is 27.1 Å². The van der Waals surface area contributed by atoms with E-state index in [2.05, 4.69) is 5.32 Å². The summed E-state index contributed by atoms with van der Waals surface area (Å²) in [6.07, 6.45) is 1.45. The number of rotatable bonds is 5. The second-order valence-corrected chi connectivity index (χ2v) is 7.77. The third kappa shape index (κ3) is 3.78. The van der Waals surface area contributed by atoms with Crippen LogP contribution in [0, 0.1) is 0 Å². The summed E-state index contributed by atoms with van der Waals surface area (Å²) in [6.45, 7) is 0.153. The molecule has 0 radical (unpaired) electrons. The number of benzene rings is 1. The molecule has 1 aromatic heterocycles. The van der Waals surface area contributed by atoms with Gasteiger partial charge in [0.25, 0.3) is 0 Å². The molecule has 11 heteroatoms. The van der Waals surface area contributed by atoms with Crippen molar-refractivity contribution in [3.8, 4) is 0 Å². The lowest BCUT2D eigenvalue weighted by Gasteiger charge is -2.12. The molecule has 2 aromatic rings. The summed E-state index contributed by atoms with van der Waals surface area (Å²) in [6, 6.07) is 5.28. The molecule has 5 N–H and O–H groups in total. The van der Waals surface area contributed by atoms with Gasteiger partial charge in [0.15, 0.2) is 0 Å². The number of furan rings is 1. The van der Waals surface area contributed by atoms with Crippen LogP contribution in [0.1, 0.15) is 5.76 Å². The summed E-state index contributed by atoms with van der Waals surface area (Å²) in [7, 11) is -8.39. The first kappa shape index (κ1) is 16.8. The van der Waals surface area contributed by atoms with Crippen molar-refractivity contribution in [1.29, 1.82) is 0 Å². The second-order valence-electron chi connectivity index (χ2n) is 4.30. The molecule has 0 unspecified atom stereocenters. The number of hydrogen-bond donors (Lipinski definition) is 3. The number of nitrogens with one attached hydrogen (secondary N) is 1. The van der Waals surface area contributed by atoms with Crippen LogP contribution >= 0.6 is 11.6 Å². The highest BCUT2D eigenvalue weighted by Gasteiger charge is 2.22. The average molecular weight is 366 g/mol. The van der Waals surface area contributed by atoms with Crippen molar-refractivity contribution in [1.82, 2.24) is 0 Å². The maximum Gasteiger partial charge on any atom is 0.240 e. The molecule has 2 rings (SSSR count). The van der Waals surface area contributed by atoms with Gasteiger partial charge in [0.05, 0.1) is 23.5 Å². The van der Waals surface area contributed by atoms with Crippen LogP contribution in [0.15, 0.2) is 44.7 Å². The topological polar surface area (TPSA) is 145 Å². The third-order valence-corrected chi connectivity index (χ3v) is 5.01. The number of sulfonamides is 2. The van der Waals surface area contributed by atoms with Gasteiger partial charge in [-0.1, -0.05) is 11.6 Å². The molecule has 0 amide bonds. The first-order valence-electron chi connectivity index (χ1n) is 5.74. The minimum atomic E-state index is -4.20. The predicted octanol–water partition coefficient (Wildman–Crippen LogP) is 0.840. The quantitative estimate of drug-likeness (QED) is 0.715. The fourth-order valence-electron chi connectivity index (χ4n) is 1.72. The molecule has 22 heavy (non-hydrogen) atoms. The Balaban J connectivity index is 2.51. The van der Waals surface area contributed by atoms with Gasteiger partial charge in [0.1, 0.15) is 15.6 Å². The summed E-state index contributed by atoms with van der Waals surface area (Å²) in [5.74, 6) is 0.534. The number of hydrogen-bond acceptors (Lipinski definition) is 6. The van der Waals surface area contributed by atoms with Crippen LogP contribution in [0.3, 0.4) is 0 Å². The van der Waals surface area contributed by atoms with Crippen molar-refractivity contribution in [3.05, 3.63) is 41.3 Å². The van der Waals surface area contributed by atoms with Gasteiger partial charge in [0.2, 0.25) is 20.0 Å². The van der Waals surface area contributed by atoms with E-state index in [9.17, 15) is 16.8 Å². The van der Waals surface area contributed by atoms with Gasteiger partial charge in [-0.15, -0.1) is 0 Å². The van der Waals surface area contributed by atoms with Gasteiger partial charge in [-0.3, -0.25) is 0 Å². The third-order valence-electron chi connectivity index (χ3n) is 2.68. The molecule has 0 saturated carbocycles. The van der Waals surface area contributed by atoms with E-state index in [0.717, 1.165) is 12.1 Å². The van der Waals surface area contributed by atoms with Crippen molar-refractivity contribution in [3.63, 3.8) is 0 Å². The monoisotopic (exact) mass is 365 g/mol. The van der Waals surface area contributed by atoms with E-state index in [-0.39, 0.29) is 17.3 Å². The van der Waals surface area contributed by atoms with Crippen LogP contribution in [-0.2, 0) is 26.6 Å². The Morgan fingerprint density at radius 1 is 1.09 bits per heavy atom. The fourth-order valence-corrected chi connectivity index (χ4v) is 3.62. The Morgan fingerprint density at radius 3 is 2.23 bits per heavy atom. The molecule has 1 aromatic carbocycles. The first-order chi connectivity index (χ1) is 10.1. The molecule has 0 aliphatic heterocycles. The minimum Gasteiger partial charge on any atom is -0.467 e. The molecule has 0 saturated heterocycles. The van der Waals surface area contributed by atoms with E-state index in [0.29, 0.717) is 5.76 Å². The molecule has 0 aliphatic carbocycles. The van der Waals surface area contributed by atoms with Crippen LogP contribution in [0.5, 0.6) is 0 Å². The Kier molecular flexibility index (Phi) is 4.49. The Labute approximate surface area is 132 Å². The number of nitrogens with two attached hydrogens (primary N) is 2. The van der Waals surface area contributed by atoms with Crippen LogP contribution in [0.4, 0.5) is 5.69 Å². The minimum absolute atomic E-state index is 0.0382. The van der Waals surface area contributed by atoms with Crippen molar-refractivity contribution >= 4 is 37.3 Å². The van der Waals surface area contributed by atoms with E-state index < -0.39 is 29.8 Å². The lowest BCUT2D eigenvalue weighted by atomic mass is 10.3. The van der Waals surface area contributed by atoms with Gasteiger partial charge in [-0.2, -0.15) is 0 Å². The molecular weight excluding hydrogens is 354 g/mol. The zero-order chi connectivity index (χ0) is 16.5. The molecular formula is C11H12ClN3O5S2. The Hall–Kier alpha value is -1.59. The standard InChI is InChI=1S/C11H12ClN3O5S2/c12-8-4-9(15-6-7-2-1-3-20-7)11(22(14,18)19)5-10(8)21(13,16)17/h1-5,15H,6H2,(H2,13,16,17)(H2,14,18,19). The Morgan fingerprint density at radius 2 is 1.73 bits per heavy atom. The largest absolute Gasteiger partial charge is 0.467 e. The van der Waals surface area contributed by atoms with E-state index in [4.69, 9.17) is 26.3 Å². The first-order valence-corrected chi connectivity index (χ1v) is 9.21. The number of halogens is 1. The van der Waals surface area contributed by atoms with Crippen LogP contribution in [0.25, 0.3) is 0 Å². The average Bonchev–Trinajstić information content (AvgIpc) is 2.86. The fraction of sp³-hybridized carbons (Fsp3) is 0.0909. The highest BCUT2D eigenvalue weighted by molar-refractivity contribution is 7.90. The van der Waals surface area contributed by atoms with Gasteiger partial charge in [-0.05, 0) is 24.3 Å². The van der Waals surface area contributed by atoms with Gasteiger partial charge >= 0.3 is 0 Å². The van der Waals surface area contributed by atoms with Crippen molar-refractivity contribution < 1.29 is 21.3 Å². The second kappa shape index (κ2) is 5.89. The SMILES string of the molecule is NS(=O)(=O)c1cc(S(N)(=O)=O)c(NCc2ccco2)cc1Cl. The molecule has 0 aliphatic rings. The van der Waals surface area contributed by atoms with Crippen LogP contribution < -0.4 is 15.6 Å². The molecule has 8 nitrogen and oxygen atoms in total. The van der Waals surface area contributed by atoms with Crippen LogP contribution in [-0.4, -0.2) is 16.8 Å². The van der Waals surface area contributed by atoms with Gasteiger partial charge in [0, 0.05) is 0 Å². The normalized spacial score (nSPS) is 12.3. The summed E-state index contributed by atoms with van der Waals surface area (Å²) in [5.41, 5.74) is 0.0382. The lowest BCUT2D eigenvalue weighted by Crippen LogP contribution is -2.18. The lowest BCUT2D eigenvalue weighted by molar-refractivity contribution is 0.518. The molecule has 0 fully saturated rings. The number of anilines is 1. The maximum atomic E-state index is 11.6. The van der Waals surface area contributed by atoms with E-state index in [1.54, 1.807) is 12.1 Å². The van der Waals surface area contributed by atoms with Crippen molar-refractivity contribution in [2.24, 2.45) is 10.3 Å². The van der Waals surface area contributed by atoms with Crippen molar-refractivity contribution in [2.75, 3.05) is 5.32 Å². The summed E-state index contributed by atoms with van der Waals surface area (Å²) < 4.78 is 51.2. The molecule has 120 valence electrons. The molecule has 0 bridgehead atoms. The summed E-state index contributed by atoms with van der Waals surface area (Å²) >= 11 is 5.84. The van der Waals surface area contributed by atoms with Crippen molar-refractivity contribution in [2.45, 2.75) is 16.3 Å². The maximum absolute atomic E-state index is 11.6. The van der Waals surface area contributed by atoms with Crippen LogP contribution in [0.2, 0.25) is 5.02 Å². The highest BCUT2D eigenvalue weighted by atomic mass is 35.5. The van der Waals surface area contributed by atoms with E-state index >= 15 is 0 Å². The molecule has 0 spiro atoms. The summed E-state index contributed by atoms with van der Waals surface area (Å²) in [5, 5.41) is 12.6. The van der Waals surface area contributed by atoms with E-state index in [1.807, 2.05) is 0 Å². The summed E-state index contributed by atoms with van der Waals surface area (Å²) in [4.78, 5) is -0.964. The smallest absolute Gasteiger partial charge is 0.240 e. The van der Waals surface area contributed by atoms with E-state index in [1.165, 1.54) is 6.26 Å². The zero-order valence-electron chi connectivity index (χ0n) is 11.0. The number of primary sulfonamides is 2. The Bertz CT molecular complexity index is 892. The van der Waals surface area contributed by atoms with Gasteiger partial charge < -0.3 is 9.73 Å². The molecule has 1 heterocycles. The molecule has 0 atom stereocenters.